The van der Waals surface area contributed by atoms with Crippen LogP contribution in [0.3, 0.4) is 0 Å². The fourth-order valence-corrected chi connectivity index (χ4v) is 4.11. The second kappa shape index (κ2) is 7.00. The number of carbonyl (C=O) groups excluding carboxylic acids is 1. The predicted molar refractivity (Wildman–Crippen MR) is 101 cm³/mol. The summed E-state index contributed by atoms with van der Waals surface area (Å²) in [6, 6.07) is 15.0. The molecular weight excluding hydrogens is 292 g/mol. The van der Waals surface area contributed by atoms with Crippen molar-refractivity contribution in [2.24, 2.45) is 5.92 Å². The highest BCUT2D eigenvalue weighted by Gasteiger charge is 2.30. The van der Waals surface area contributed by atoms with Crippen LogP contribution in [-0.4, -0.2) is 6.29 Å². The maximum absolute atomic E-state index is 11.3. The lowest BCUT2D eigenvalue weighted by atomic mass is 9.70. The first-order valence-electron chi connectivity index (χ1n) is 8.59. The number of carbonyl (C=O) groups is 1. The maximum atomic E-state index is 11.3. The Labute approximate surface area is 144 Å². The van der Waals surface area contributed by atoms with Gasteiger partial charge in [-0.2, -0.15) is 0 Å². The molecule has 1 heteroatoms. The molecule has 2 aromatic rings. The van der Waals surface area contributed by atoms with Gasteiger partial charge in [0, 0.05) is 5.92 Å². The number of rotatable bonds is 4. The van der Waals surface area contributed by atoms with Gasteiger partial charge in [-0.15, -0.1) is 6.58 Å². The van der Waals surface area contributed by atoms with Crippen molar-refractivity contribution in [2.45, 2.75) is 32.6 Å². The molecule has 2 unspecified atom stereocenters. The van der Waals surface area contributed by atoms with Gasteiger partial charge in [0.05, 0.1) is 0 Å². The fourth-order valence-electron chi connectivity index (χ4n) is 4.11. The van der Waals surface area contributed by atoms with Gasteiger partial charge < -0.3 is 0 Å². The molecule has 3 rings (SSSR count). The van der Waals surface area contributed by atoms with E-state index in [1.807, 2.05) is 12.1 Å². The first-order chi connectivity index (χ1) is 11.7. The van der Waals surface area contributed by atoms with Crippen molar-refractivity contribution in [3.05, 3.63) is 89.0 Å². The molecule has 2 atom stereocenters. The Kier molecular flexibility index (Phi) is 4.80. The van der Waals surface area contributed by atoms with E-state index in [1.165, 1.54) is 27.8 Å². The van der Waals surface area contributed by atoms with E-state index in [4.69, 9.17) is 0 Å². The molecule has 122 valence electrons. The molecule has 0 saturated heterocycles. The molecule has 1 nitrogen and oxygen atoms in total. The third-order valence-electron chi connectivity index (χ3n) is 5.15. The number of fused-ring (bicyclic) bond motifs is 1. The Balaban J connectivity index is 2.11. The topological polar surface area (TPSA) is 17.1 Å². The summed E-state index contributed by atoms with van der Waals surface area (Å²) in [5, 5.41) is 0. The quantitative estimate of drug-likeness (QED) is 0.418. The van der Waals surface area contributed by atoms with Crippen LogP contribution < -0.4 is 0 Å². The molecule has 0 bridgehead atoms. The summed E-state index contributed by atoms with van der Waals surface area (Å²) in [4.78, 5) is 11.3. The monoisotopic (exact) mass is 316 g/mol. The molecule has 0 radical (unpaired) electrons. The van der Waals surface area contributed by atoms with E-state index in [9.17, 15) is 4.79 Å². The highest BCUT2D eigenvalue weighted by Crippen LogP contribution is 2.44. The number of aldehydes is 1. The van der Waals surface area contributed by atoms with E-state index in [1.54, 1.807) is 6.08 Å². The summed E-state index contributed by atoms with van der Waals surface area (Å²) in [7, 11) is 0. The standard InChI is InChI=1S/C23H24O/c1-4-19(18-8-6-5-7-9-18)21-11-10-20-17(3)14-16(2)15-23(20)22(21)12-13-24/h4-9,12-15,19,21H,1,10-11H2,2-3H3/b22-12-. The molecular formula is C23H24O. The van der Waals surface area contributed by atoms with Crippen LogP contribution in [-0.2, 0) is 11.2 Å². The summed E-state index contributed by atoms with van der Waals surface area (Å²) >= 11 is 0. The Morgan fingerprint density at radius 1 is 1.17 bits per heavy atom. The average molecular weight is 316 g/mol. The zero-order valence-corrected chi connectivity index (χ0v) is 14.5. The zero-order valence-electron chi connectivity index (χ0n) is 14.5. The SMILES string of the molecule is C=CC(c1ccccc1)C1CCc2c(C)cc(C)cc2/C1=C\C=O. The highest BCUT2D eigenvalue weighted by atomic mass is 16.1. The summed E-state index contributed by atoms with van der Waals surface area (Å²) < 4.78 is 0. The molecule has 0 N–H and O–H groups in total. The molecule has 0 spiro atoms. The minimum atomic E-state index is 0.228. The summed E-state index contributed by atoms with van der Waals surface area (Å²) in [5.41, 5.74) is 7.64. The number of hydrogen-bond acceptors (Lipinski definition) is 1. The second-order valence-corrected chi connectivity index (χ2v) is 6.68. The lowest BCUT2D eigenvalue weighted by molar-refractivity contribution is -0.104. The van der Waals surface area contributed by atoms with Gasteiger partial charge >= 0.3 is 0 Å². The molecule has 0 amide bonds. The average Bonchev–Trinajstić information content (AvgIpc) is 2.58. The first-order valence-corrected chi connectivity index (χ1v) is 8.59. The van der Waals surface area contributed by atoms with Crippen LogP contribution in [0.5, 0.6) is 0 Å². The van der Waals surface area contributed by atoms with Gasteiger partial charge in [-0.05, 0) is 66.5 Å². The Morgan fingerprint density at radius 2 is 1.92 bits per heavy atom. The van der Waals surface area contributed by atoms with Crippen LogP contribution >= 0.6 is 0 Å². The van der Waals surface area contributed by atoms with Gasteiger partial charge in [-0.3, -0.25) is 4.79 Å². The molecule has 0 aromatic heterocycles. The molecule has 0 saturated carbocycles. The molecule has 0 fully saturated rings. The van der Waals surface area contributed by atoms with Crippen LogP contribution in [0, 0.1) is 19.8 Å². The number of allylic oxidation sites excluding steroid dienone is 3. The van der Waals surface area contributed by atoms with Crippen molar-refractivity contribution >= 4 is 11.9 Å². The molecule has 1 aliphatic carbocycles. The Hall–Kier alpha value is -2.41. The van der Waals surface area contributed by atoms with Crippen LogP contribution in [0.1, 0.15) is 40.2 Å². The fraction of sp³-hybridized carbons (Fsp3) is 0.261. The smallest absolute Gasteiger partial charge is 0.143 e. The van der Waals surface area contributed by atoms with Gasteiger partial charge in [0.1, 0.15) is 6.29 Å². The van der Waals surface area contributed by atoms with Gasteiger partial charge in [-0.1, -0.05) is 54.1 Å². The van der Waals surface area contributed by atoms with Gasteiger partial charge in [0.25, 0.3) is 0 Å². The molecule has 0 aliphatic heterocycles. The molecule has 2 aromatic carbocycles. The van der Waals surface area contributed by atoms with Crippen LogP contribution in [0.15, 0.2) is 61.2 Å². The third-order valence-corrected chi connectivity index (χ3v) is 5.15. The van der Waals surface area contributed by atoms with E-state index in [-0.39, 0.29) is 5.92 Å². The van der Waals surface area contributed by atoms with E-state index < -0.39 is 0 Å². The minimum absolute atomic E-state index is 0.228. The van der Waals surface area contributed by atoms with Crippen LogP contribution in [0.4, 0.5) is 0 Å². The highest BCUT2D eigenvalue weighted by molar-refractivity contribution is 5.85. The summed E-state index contributed by atoms with van der Waals surface area (Å²) in [5.74, 6) is 0.523. The maximum Gasteiger partial charge on any atom is 0.143 e. The Bertz CT molecular complexity index is 783. The lowest BCUT2D eigenvalue weighted by Crippen LogP contribution is -2.20. The van der Waals surface area contributed by atoms with Crippen molar-refractivity contribution in [3.63, 3.8) is 0 Å². The summed E-state index contributed by atoms with van der Waals surface area (Å²) in [6.07, 6.45) is 6.83. The molecule has 1 aliphatic rings. The number of hydrogen-bond donors (Lipinski definition) is 0. The Morgan fingerprint density at radius 3 is 2.58 bits per heavy atom. The van der Waals surface area contributed by atoms with Gasteiger partial charge in [-0.25, -0.2) is 0 Å². The van der Waals surface area contributed by atoms with E-state index in [0.29, 0.717) is 5.92 Å². The minimum Gasteiger partial charge on any atom is -0.299 e. The third kappa shape index (κ3) is 2.99. The van der Waals surface area contributed by atoms with Crippen molar-refractivity contribution in [1.82, 2.24) is 0 Å². The number of aryl methyl sites for hydroxylation is 2. The number of benzene rings is 2. The zero-order chi connectivity index (χ0) is 17.1. The molecule has 0 heterocycles. The predicted octanol–water partition coefficient (Wildman–Crippen LogP) is 5.42. The van der Waals surface area contributed by atoms with Crippen LogP contribution in [0.25, 0.3) is 5.57 Å². The van der Waals surface area contributed by atoms with Crippen LogP contribution in [0.2, 0.25) is 0 Å². The van der Waals surface area contributed by atoms with Gasteiger partial charge in [0.2, 0.25) is 0 Å². The van der Waals surface area contributed by atoms with E-state index >= 15 is 0 Å². The van der Waals surface area contributed by atoms with Crippen molar-refractivity contribution in [1.29, 1.82) is 0 Å². The second-order valence-electron chi connectivity index (χ2n) is 6.68. The lowest BCUT2D eigenvalue weighted by Gasteiger charge is -2.34. The first kappa shape index (κ1) is 16.4. The van der Waals surface area contributed by atoms with Crippen molar-refractivity contribution in [3.8, 4) is 0 Å². The van der Waals surface area contributed by atoms with E-state index in [2.05, 4.69) is 56.8 Å². The van der Waals surface area contributed by atoms with Crippen molar-refractivity contribution < 1.29 is 4.79 Å². The van der Waals surface area contributed by atoms with E-state index in [0.717, 1.165) is 24.7 Å². The molecule has 24 heavy (non-hydrogen) atoms. The van der Waals surface area contributed by atoms with Crippen molar-refractivity contribution in [2.75, 3.05) is 0 Å². The normalized spacial score (nSPS) is 19.6. The largest absolute Gasteiger partial charge is 0.299 e. The summed E-state index contributed by atoms with van der Waals surface area (Å²) in [6.45, 7) is 8.38. The van der Waals surface area contributed by atoms with Gasteiger partial charge in [0.15, 0.2) is 0 Å².